The molecule has 0 atom stereocenters. The number of fused-ring (bicyclic) bond motifs is 1. The monoisotopic (exact) mass is 257 g/mol. The van der Waals surface area contributed by atoms with Crippen LogP contribution in [0.5, 0.6) is 0 Å². The van der Waals surface area contributed by atoms with E-state index < -0.39 is 0 Å². The molecule has 1 aromatic heterocycles. The van der Waals surface area contributed by atoms with E-state index >= 15 is 0 Å². The number of anilines is 1. The topological polar surface area (TPSA) is 43.8 Å². The molecule has 3 rings (SSSR count). The number of aromatic nitrogens is 2. The number of halogens is 1. The standard InChI is InChI=1S/C14H12ClN3/c1-9-11(15)3-2-4-13(9)18-8-17-12-7-10(16)5-6-14(12)18/h2-8H,16H2,1H3. The summed E-state index contributed by atoms with van der Waals surface area (Å²) in [6, 6.07) is 11.6. The number of nitrogen functional groups attached to an aromatic ring is 1. The van der Waals surface area contributed by atoms with Crippen LogP contribution in [0.1, 0.15) is 5.56 Å². The zero-order valence-corrected chi connectivity index (χ0v) is 10.6. The summed E-state index contributed by atoms with van der Waals surface area (Å²) in [6.07, 6.45) is 1.79. The molecule has 1 heterocycles. The third kappa shape index (κ3) is 1.64. The Balaban J connectivity index is 2.29. The molecule has 2 aromatic carbocycles. The minimum Gasteiger partial charge on any atom is -0.399 e. The van der Waals surface area contributed by atoms with E-state index in [0.717, 1.165) is 33.0 Å². The molecule has 0 unspecified atom stereocenters. The molecule has 0 fully saturated rings. The van der Waals surface area contributed by atoms with Gasteiger partial charge in [0.25, 0.3) is 0 Å². The van der Waals surface area contributed by atoms with E-state index in [0.29, 0.717) is 0 Å². The molecule has 2 N–H and O–H groups in total. The summed E-state index contributed by atoms with van der Waals surface area (Å²) in [5, 5.41) is 0.754. The summed E-state index contributed by atoms with van der Waals surface area (Å²) in [7, 11) is 0. The summed E-state index contributed by atoms with van der Waals surface area (Å²) >= 11 is 6.15. The first-order chi connectivity index (χ1) is 8.66. The van der Waals surface area contributed by atoms with Gasteiger partial charge in [-0.3, -0.25) is 4.57 Å². The Morgan fingerprint density at radius 1 is 1.22 bits per heavy atom. The van der Waals surface area contributed by atoms with Crippen molar-refractivity contribution in [2.75, 3.05) is 5.73 Å². The van der Waals surface area contributed by atoms with Gasteiger partial charge in [0, 0.05) is 10.7 Å². The predicted molar refractivity (Wildman–Crippen MR) is 75.2 cm³/mol. The second-order valence-corrected chi connectivity index (χ2v) is 4.65. The van der Waals surface area contributed by atoms with Crippen molar-refractivity contribution in [2.45, 2.75) is 6.92 Å². The fraction of sp³-hybridized carbons (Fsp3) is 0.0714. The van der Waals surface area contributed by atoms with E-state index in [1.165, 1.54) is 0 Å². The van der Waals surface area contributed by atoms with Crippen LogP contribution in [0.15, 0.2) is 42.7 Å². The van der Waals surface area contributed by atoms with E-state index in [2.05, 4.69) is 4.98 Å². The van der Waals surface area contributed by atoms with E-state index in [4.69, 9.17) is 17.3 Å². The molecule has 0 aliphatic heterocycles. The van der Waals surface area contributed by atoms with Crippen LogP contribution in [0.3, 0.4) is 0 Å². The van der Waals surface area contributed by atoms with Crippen LogP contribution in [0, 0.1) is 6.92 Å². The highest BCUT2D eigenvalue weighted by Crippen LogP contribution is 2.26. The lowest BCUT2D eigenvalue weighted by Crippen LogP contribution is -1.95. The van der Waals surface area contributed by atoms with Crippen molar-refractivity contribution in [1.29, 1.82) is 0 Å². The Morgan fingerprint density at radius 2 is 2.06 bits per heavy atom. The Labute approximate surface area is 110 Å². The third-order valence-corrected chi connectivity index (χ3v) is 3.48. The van der Waals surface area contributed by atoms with Gasteiger partial charge in [0.1, 0.15) is 6.33 Å². The quantitative estimate of drug-likeness (QED) is 0.678. The van der Waals surface area contributed by atoms with Gasteiger partial charge in [0.2, 0.25) is 0 Å². The Morgan fingerprint density at radius 3 is 2.89 bits per heavy atom. The SMILES string of the molecule is Cc1c(Cl)cccc1-n1cnc2cc(N)ccc21. The van der Waals surface area contributed by atoms with Gasteiger partial charge in [0.05, 0.1) is 16.7 Å². The summed E-state index contributed by atoms with van der Waals surface area (Å²) in [5.74, 6) is 0. The fourth-order valence-electron chi connectivity index (χ4n) is 2.08. The fourth-order valence-corrected chi connectivity index (χ4v) is 2.25. The van der Waals surface area contributed by atoms with Gasteiger partial charge in [-0.05, 0) is 42.8 Å². The molecule has 3 nitrogen and oxygen atoms in total. The van der Waals surface area contributed by atoms with Crippen LogP contribution in [0.25, 0.3) is 16.7 Å². The maximum absolute atomic E-state index is 6.15. The molecule has 0 saturated carbocycles. The lowest BCUT2D eigenvalue weighted by molar-refractivity contribution is 1.07. The van der Waals surface area contributed by atoms with Crippen molar-refractivity contribution >= 4 is 28.3 Å². The molecule has 0 aliphatic rings. The van der Waals surface area contributed by atoms with Crippen LogP contribution in [0.2, 0.25) is 5.02 Å². The molecule has 0 spiro atoms. The van der Waals surface area contributed by atoms with Crippen LogP contribution in [0.4, 0.5) is 5.69 Å². The molecule has 0 bridgehead atoms. The Bertz CT molecular complexity index is 731. The molecular formula is C14H12ClN3. The maximum atomic E-state index is 6.15. The average Bonchev–Trinajstić information content (AvgIpc) is 2.75. The number of rotatable bonds is 1. The molecule has 4 heteroatoms. The number of imidazole rings is 1. The highest BCUT2D eigenvalue weighted by molar-refractivity contribution is 6.31. The molecule has 90 valence electrons. The molecule has 3 aromatic rings. The molecule has 0 amide bonds. The average molecular weight is 258 g/mol. The second kappa shape index (κ2) is 4.03. The number of nitrogens with zero attached hydrogens (tertiary/aromatic N) is 2. The number of nitrogens with two attached hydrogens (primary N) is 1. The van der Waals surface area contributed by atoms with E-state index in [9.17, 15) is 0 Å². The first-order valence-electron chi connectivity index (χ1n) is 5.65. The van der Waals surface area contributed by atoms with Gasteiger partial charge in [-0.2, -0.15) is 0 Å². The number of hydrogen-bond donors (Lipinski definition) is 1. The molecule has 18 heavy (non-hydrogen) atoms. The van der Waals surface area contributed by atoms with Gasteiger partial charge >= 0.3 is 0 Å². The van der Waals surface area contributed by atoms with Gasteiger partial charge in [-0.25, -0.2) is 4.98 Å². The molecule has 0 saturated heterocycles. The Hall–Kier alpha value is -2.00. The first-order valence-corrected chi connectivity index (χ1v) is 6.02. The van der Waals surface area contributed by atoms with E-state index in [1.54, 1.807) is 6.33 Å². The highest BCUT2D eigenvalue weighted by Gasteiger charge is 2.08. The lowest BCUT2D eigenvalue weighted by atomic mass is 10.2. The predicted octanol–water partition coefficient (Wildman–Crippen LogP) is 3.57. The van der Waals surface area contributed by atoms with Crippen molar-refractivity contribution in [3.05, 3.63) is 53.3 Å². The van der Waals surface area contributed by atoms with Crippen LogP contribution >= 0.6 is 11.6 Å². The normalized spacial score (nSPS) is 11.0. The first kappa shape index (κ1) is 11.1. The van der Waals surface area contributed by atoms with Gasteiger partial charge in [-0.15, -0.1) is 0 Å². The highest BCUT2D eigenvalue weighted by atomic mass is 35.5. The number of hydrogen-bond acceptors (Lipinski definition) is 2. The second-order valence-electron chi connectivity index (χ2n) is 4.25. The molecule has 0 aliphatic carbocycles. The molecule has 0 radical (unpaired) electrons. The smallest absolute Gasteiger partial charge is 0.100 e. The largest absolute Gasteiger partial charge is 0.399 e. The van der Waals surface area contributed by atoms with Crippen molar-refractivity contribution in [3.63, 3.8) is 0 Å². The van der Waals surface area contributed by atoms with Gasteiger partial charge < -0.3 is 5.73 Å². The van der Waals surface area contributed by atoms with Gasteiger partial charge in [-0.1, -0.05) is 17.7 Å². The number of benzene rings is 2. The van der Waals surface area contributed by atoms with Gasteiger partial charge in [0.15, 0.2) is 0 Å². The minimum absolute atomic E-state index is 0.718. The zero-order chi connectivity index (χ0) is 12.7. The van der Waals surface area contributed by atoms with Crippen molar-refractivity contribution in [1.82, 2.24) is 9.55 Å². The lowest BCUT2D eigenvalue weighted by Gasteiger charge is -2.09. The summed E-state index contributed by atoms with van der Waals surface area (Å²) < 4.78 is 2.02. The minimum atomic E-state index is 0.718. The summed E-state index contributed by atoms with van der Waals surface area (Å²) in [5.41, 5.74) is 10.5. The summed E-state index contributed by atoms with van der Waals surface area (Å²) in [6.45, 7) is 2.00. The Kier molecular flexibility index (Phi) is 2.49. The zero-order valence-electron chi connectivity index (χ0n) is 9.89. The van der Waals surface area contributed by atoms with Crippen molar-refractivity contribution < 1.29 is 0 Å². The molecular weight excluding hydrogens is 246 g/mol. The van der Waals surface area contributed by atoms with E-state index in [1.807, 2.05) is 47.9 Å². The van der Waals surface area contributed by atoms with Crippen LogP contribution in [-0.2, 0) is 0 Å². The van der Waals surface area contributed by atoms with Crippen LogP contribution < -0.4 is 5.73 Å². The third-order valence-electron chi connectivity index (χ3n) is 3.07. The summed E-state index contributed by atoms with van der Waals surface area (Å²) in [4.78, 5) is 4.37. The van der Waals surface area contributed by atoms with E-state index in [-0.39, 0.29) is 0 Å². The van der Waals surface area contributed by atoms with Crippen molar-refractivity contribution in [3.8, 4) is 5.69 Å². The maximum Gasteiger partial charge on any atom is 0.100 e. The van der Waals surface area contributed by atoms with Crippen LogP contribution in [-0.4, -0.2) is 9.55 Å². The van der Waals surface area contributed by atoms with Crippen molar-refractivity contribution in [2.24, 2.45) is 0 Å².